The van der Waals surface area contributed by atoms with Crippen LogP contribution in [0.25, 0.3) is 0 Å². The molecule has 1 amide bonds. The standard InChI is InChI=1S/C30H38ClN3O2/c31-28-13-12-24-26(33-28)7-4-15-30(24)19-32-18-25(30)29(36)34-16-14-22(20-5-2-1-3-6-20)17-27(34)21-8-10-23(35)11-9-21/h1-3,5-6,12-13,21-23,25,27,32,35H,4,7-11,14-19H2/p+1/t21?,22?,23?,25?,27?,30-/m0/s1. The fraction of sp³-hybridized carbons (Fsp3) is 0.600. The maximum atomic E-state index is 14.5. The van der Waals surface area contributed by atoms with Crippen LogP contribution in [0.15, 0.2) is 42.5 Å². The Morgan fingerprint density at radius 3 is 2.69 bits per heavy atom. The summed E-state index contributed by atoms with van der Waals surface area (Å²) in [6, 6.07) is 15.2. The first-order chi connectivity index (χ1) is 17.5. The van der Waals surface area contributed by atoms with Gasteiger partial charge >= 0.3 is 0 Å². The van der Waals surface area contributed by atoms with Gasteiger partial charge in [-0.1, -0.05) is 30.3 Å². The van der Waals surface area contributed by atoms with Gasteiger partial charge in [-0.2, -0.15) is 4.98 Å². The molecule has 2 aliphatic carbocycles. The molecule has 3 unspecified atom stereocenters. The molecule has 0 radical (unpaired) electrons. The van der Waals surface area contributed by atoms with Crippen molar-refractivity contribution >= 4 is 17.5 Å². The number of aromatic amines is 1. The second kappa shape index (κ2) is 10.1. The van der Waals surface area contributed by atoms with Crippen molar-refractivity contribution in [2.24, 2.45) is 11.8 Å². The molecule has 5 nitrogen and oxygen atoms in total. The number of hydrogen-bond acceptors (Lipinski definition) is 3. The SMILES string of the molecule is O=C(C1CNC[C@]12CCCc1[nH+]c(Cl)ccc12)N1CCC(c2ccccc2)CC1C1CCC(O)CC1. The highest BCUT2D eigenvalue weighted by molar-refractivity contribution is 6.28. The van der Waals surface area contributed by atoms with Gasteiger partial charge in [-0.25, -0.2) is 0 Å². The Kier molecular flexibility index (Phi) is 6.83. The number of rotatable bonds is 3. The number of nitrogens with one attached hydrogen (secondary N) is 2. The second-order valence-electron chi connectivity index (χ2n) is 11.7. The predicted molar refractivity (Wildman–Crippen MR) is 141 cm³/mol. The van der Waals surface area contributed by atoms with E-state index in [9.17, 15) is 9.90 Å². The minimum absolute atomic E-state index is 0.0453. The Hall–Kier alpha value is -1.95. The first kappa shape index (κ1) is 24.4. The van der Waals surface area contributed by atoms with Crippen molar-refractivity contribution in [3.05, 3.63) is 64.4 Å². The largest absolute Gasteiger partial charge is 0.393 e. The summed E-state index contributed by atoms with van der Waals surface area (Å²) >= 11 is 6.31. The number of nitrogens with zero attached hydrogens (tertiary/aromatic N) is 1. The van der Waals surface area contributed by atoms with Crippen LogP contribution in [0, 0.1) is 11.8 Å². The molecule has 192 valence electrons. The van der Waals surface area contributed by atoms with Crippen molar-refractivity contribution in [3.8, 4) is 0 Å². The average molecular weight is 509 g/mol. The number of hydrogen-bond donors (Lipinski definition) is 2. The zero-order valence-electron chi connectivity index (χ0n) is 21.1. The maximum Gasteiger partial charge on any atom is 0.273 e. The summed E-state index contributed by atoms with van der Waals surface area (Å²) in [7, 11) is 0. The van der Waals surface area contributed by atoms with E-state index in [-0.39, 0.29) is 23.5 Å². The molecule has 0 bridgehead atoms. The smallest absolute Gasteiger partial charge is 0.273 e. The lowest BCUT2D eigenvalue weighted by Crippen LogP contribution is -2.55. The van der Waals surface area contributed by atoms with Crippen LogP contribution in [0.3, 0.4) is 0 Å². The summed E-state index contributed by atoms with van der Waals surface area (Å²) in [4.78, 5) is 20.2. The van der Waals surface area contributed by atoms with Gasteiger partial charge in [-0.3, -0.25) is 4.79 Å². The van der Waals surface area contributed by atoms with Crippen LogP contribution in [0.5, 0.6) is 0 Å². The monoisotopic (exact) mass is 508 g/mol. The van der Waals surface area contributed by atoms with Crippen molar-refractivity contribution < 1.29 is 14.9 Å². The molecular formula is C30H39ClN3O2+. The van der Waals surface area contributed by atoms with Crippen molar-refractivity contribution in [2.45, 2.75) is 81.3 Å². The molecule has 4 aliphatic rings. The molecule has 1 saturated carbocycles. The van der Waals surface area contributed by atoms with E-state index in [1.165, 1.54) is 16.8 Å². The maximum absolute atomic E-state index is 14.5. The molecule has 3 N–H and O–H groups in total. The zero-order chi connectivity index (χ0) is 24.7. The fourth-order valence-electron chi connectivity index (χ4n) is 7.95. The Labute approximate surface area is 219 Å². The number of carbonyl (C=O) groups excluding carboxylic acids is 1. The van der Waals surface area contributed by atoms with Crippen molar-refractivity contribution in [1.29, 1.82) is 0 Å². The Morgan fingerprint density at radius 1 is 1.08 bits per heavy atom. The summed E-state index contributed by atoms with van der Waals surface area (Å²) in [5, 5.41) is 14.5. The number of pyridine rings is 1. The Bertz CT molecular complexity index is 1090. The highest BCUT2D eigenvalue weighted by atomic mass is 35.5. The fourth-order valence-corrected chi connectivity index (χ4v) is 8.13. The average Bonchev–Trinajstić information content (AvgIpc) is 3.32. The molecule has 4 atom stereocenters. The molecule has 3 heterocycles. The van der Waals surface area contributed by atoms with E-state index in [0.717, 1.165) is 77.4 Å². The van der Waals surface area contributed by atoms with Crippen LogP contribution >= 0.6 is 11.6 Å². The van der Waals surface area contributed by atoms with Crippen molar-refractivity contribution in [3.63, 3.8) is 0 Å². The van der Waals surface area contributed by atoms with Gasteiger partial charge in [0.05, 0.1) is 12.0 Å². The lowest BCUT2D eigenvalue weighted by molar-refractivity contribution is -0.390. The van der Waals surface area contributed by atoms with Gasteiger partial charge in [0, 0.05) is 49.1 Å². The number of likely N-dealkylation sites (tertiary alicyclic amines) is 1. The number of piperidine rings is 1. The molecule has 1 spiro atoms. The number of benzene rings is 1. The highest BCUT2D eigenvalue weighted by Gasteiger charge is 2.53. The van der Waals surface area contributed by atoms with Crippen LogP contribution in [-0.2, 0) is 16.6 Å². The molecule has 6 heteroatoms. The number of aryl methyl sites for hydroxylation is 1. The molecule has 6 rings (SSSR count). The third-order valence-corrected chi connectivity index (χ3v) is 10.0. The van der Waals surface area contributed by atoms with Gasteiger partial charge in [0.1, 0.15) is 0 Å². The summed E-state index contributed by atoms with van der Waals surface area (Å²) in [6.07, 6.45) is 8.74. The molecule has 2 aromatic rings. The number of aromatic nitrogens is 1. The normalized spacial score (nSPS) is 34.5. The minimum atomic E-state index is -0.178. The molecule has 2 saturated heterocycles. The summed E-state index contributed by atoms with van der Waals surface area (Å²) in [5.74, 6) is 1.26. The van der Waals surface area contributed by atoms with Crippen molar-refractivity contribution in [2.75, 3.05) is 19.6 Å². The Morgan fingerprint density at radius 2 is 1.89 bits per heavy atom. The predicted octanol–water partition coefficient (Wildman–Crippen LogP) is 4.27. The van der Waals surface area contributed by atoms with Gasteiger partial charge in [0.2, 0.25) is 5.91 Å². The number of amides is 1. The second-order valence-corrected chi connectivity index (χ2v) is 12.1. The summed E-state index contributed by atoms with van der Waals surface area (Å²) < 4.78 is 0. The van der Waals surface area contributed by atoms with E-state index in [2.05, 4.69) is 51.6 Å². The zero-order valence-corrected chi connectivity index (χ0v) is 21.9. The molecule has 2 aliphatic heterocycles. The van der Waals surface area contributed by atoms with Crippen molar-refractivity contribution in [1.82, 2.24) is 10.2 Å². The number of halogens is 1. The van der Waals surface area contributed by atoms with E-state index >= 15 is 0 Å². The first-order valence-corrected chi connectivity index (χ1v) is 14.4. The number of aliphatic hydroxyl groups is 1. The van der Waals surface area contributed by atoms with Crippen LogP contribution in [0.1, 0.15) is 74.1 Å². The topological polar surface area (TPSA) is 66.7 Å². The molecular weight excluding hydrogens is 470 g/mol. The van der Waals surface area contributed by atoms with E-state index in [0.29, 0.717) is 22.9 Å². The van der Waals surface area contributed by atoms with Crippen LogP contribution < -0.4 is 10.3 Å². The minimum Gasteiger partial charge on any atom is -0.393 e. The number of H-pyrrole nitrogens is 1. The van der Waals surface area contributed by atoms with E-state index in [1.54, 1.807) is 0 Å². The van der Waals surface area contributed by atoms with Gasteiger partial charge in [-0.15, -0.1) is 0 Å². The molecule has 1 aromatic carbocycles. The summed E-state index contributed by atoms with van der Waals surface area (Å²) in [5.41, 5.74) is 3.74. The summed E-state index contributed by atoms with van der Waals surface area (Å²) in [6.45, 7) is 2.43. The van der Waals surface area contributed by atoms with Crippen LogP contribution in [0.4, 0.5) is 0 Å². The molecule has 36 heavy (non-hydrogen) atoms. The van der Waals surface area contributed by atoms with E-state index in [4.69, 9.17) is 11.6 Å². The van der Waals surface area contributed by atoms with Crippen LogP contribution in [-0.4, -0.2) is 47.7 Å². The third-order valence-electron chi connectivity index (χ3n) is 9.82. The highest BCUT2D eigenvalue weighted by Crippen LogP contribution is 2.47. The van der Waals surface area contributed by atoms with Gasteiger partial charge < -0.3 is 15.3 Å². The third kappa shape index (κ3) is 4.37. The quantitative estimate of drug-likeness (QED) is 0.608. The lowest BCUT2D eigenvalue weighted by Gasteiger charge is -2.48. The van der Waals surface area contributed by atoms with Crippen LogP contribution in [0.2, 0.25) is 5.15 Å². The molecule has 1 aromatic heterocycles. The molecule has 3 fully saturated rings. The van der Waals surface area contributed by atoms with Gasteiger partial charge in [0.15, 0.2) is 5.69 Å². The van der Waals surface area contributed by atoms with Gasteiger partial charge in [-0.05, 0) is 86.4 Å². The number of fused-ring (bicyclic) bond motifs is 2. The first-order valence-electron chi connectivity index (χ1n) is 14.0. The number of aliphatic hydroxyl groups excluding tert-OH is 1. The van der Waals surface area contributed by atoms with Gasteiger partial charge in [0.25, 0.3) is 5.15 Å². The Balaban J connectivity index is 1.30. The number of carbonyl (C=O) groups is 1. The van der Waals surface area contributed by atoms with E-state index in [1.807, 2.05) is 6.07 Å². The lowest BCUT2D eigenvalue weighted by atomic mass is 9.64. The van der Waals surface area contributed by atoms with E-state index < -0.39 is 0 Å².